The quantitative estimate of drug-likeness (QED) is 0.844. The third-order valence-corrected chi connectivity index (χ3v) is 5.72. The number of piperidine rings is 1. The number of aromatic nitrogens is 1. The van der Waals surface area contributed by atoms with Crippen LogP contribution >= 0.6 is 11.3 Å². The fourth-order valence-electron chi connectivity index (χ4n) is 3.45. The highest BCUT2D eigenvalue weighted by Gasteiger charge is 2.42. The first-order valence-electron chi connectivity index (χ1n) is 7.85. The van der Waals surface area contributed by atoms with E-state index in [2.05, 4.69) is 9.88 Å². The van der Waals surface area contributed by atoms with Gasteiger partial charge in [-0.1, -0.05) is 0 Å². The van der Waals surface area contributed by atoms with Crippen LogP contribution in [0, 0.1) is 6.92 Å². The van der Waals surface area contributed by atoms with Crippen molar-refractivity contribution >= 4 is 17.2 Å². The number of likely N-dealkylation sites (tertiary alicyclic amines) is 2. The lowest BCUT2D eigenvalue weighted by atomic mass is 9.96. The zero-order valence-electron chi connectivity index (χ0n) is 13.0. The Morgan fingerprint density at radius 2 is 1.96 bits per heavy atom. The lowest BCUT2D eigenvalue weighted by molar-refractivity contribution is -0.159. The summed E-state index contributed by atoms with van der Waals surface area (Å²) in [6.45, 7) is 2.55. The summed E-state index contributed by atoms with van der Waals surface area (Å²) >= 11 is 1.67. The number of carbonyl (C=O) groups excluding carboxylic acids is 1. The van der Waals surface area contributed by atoms with E-state index in [4.69, 9.17) is 0 Å². The highest BCUT2D eigenvalue weighted by Crippen LogP contribution is 2.32. The summed E-state index contributed by atoms with van der Waals surface area (Å²) in [5, 5.41) is 3.18. The predicted octanol–water partition coefficient (Wildman–Crippen LogP) is 2.79. The SMILES string of the molecule is Cc1csc(C2CCN(C3CCN(CC(F)(F)F)C3=O)CC2)n1. The van der Waals surface area contributed by atoms with Crippen molar-refractivity contribution in [1.29, 1.82) is 0 Å². The van der Waals surface area contributed by atoms with E-state index in [9.17, 15) is 18.0 Å². The molecule has 2 saturated heterocycles. The third kappa shape index (κ3) is 3.85. The molecule has 3 rings (SSSR count). The minimum Gasteiger partial charge on any atom is -0.332 e. The van der Waals surface area contributed by atoms with Gasteiger partial charge in [0.15, 0.2) is 0 Å². The van der Waals surface area contributed by atoms with E-state index in [1.807, 2.05) is 12.3 Å². The number of rotatable bonds is 3. The monoisotopic (exact) mass is 347 g/mol. The first kappa shape index (κ1) is 16.7. The normalized spacial score (nSPS) is 24.6. The second-order valence-electron chi connectivity index (χ2n) is 6.32. The van der Waals surface area contributed by atoms with Crippen LogP contribution in [0.25, 0.3) is 0 Å². The molecular weight excluding hydrogens is 327 g/mol. The van der Waals surface area contributed by atoms with Gasteiger partial charge in [0.05, 0.1) is 11.0 Å². The summed E-state index contributed by atoms with van der Waals surface area (Å²) in [5.74, 6) is 0.0404. The molecule has 0 spiro atoms. The summed E-state index contributed by atoms with van der Waals surface area (Å²) in [4.78, 5) is 19.7. The van der Waals surface area contributed by atoms with Crippen LogP contribution in [0.1, 0.15) is 35.9 Å². The molecule has 23 heavy (non-hydrogen) atoms. The second kappa shape index (κ2) is 6.39. The molecule has 2 fully saturated rings. The van der Waals surface area contributed by atoms with Crippen LogP contribution in [0.15, 0.2) is 5.38 Å². The third-order valence-electron chi connectivity index (χ3n) is 4.60. The Kier molecular flexibility index (Phi) is 4.64. The highest BCUT2D eigenvalue weighted by molar-refractivity contribution is 7.09. The van der Waals surface area contributed by atoms with Crippen molar-refractivity contribution in [2.45, 2.75) is 44.3 Å². The number of hydrogen-bond donors (Lipinski definition) is 0. The van der Waals surface area contributed by atoms with Crippen molar-refractivity contribution in [2.24, 2.45) is 0 Å². The summed E-state index contributed by atoms with van der Waals surface area (Å²) in [6.07, 6.45) is -2.00. The molecule has 2 aliphatic heterocycles. The van der Waals surface area contributed by atoms with Crippen molar-refractivity contribution in [3.63, 3.8) is 0 Å². The van der Waals surface area contributed by atoms with Crippen molar-refractivity contribution in [1.82, 2.24) is 14.8 Å². The van der Waals surface area contributed by atoms with E-state index in [-0.39, 0.29) is 18.5 Å². The highest BCUT2D eigenvalue weighted by atomic mass is 32.1. The first-order valence-corrected chi connectivity index (χ1v) is 8.73. The van der Waals surface area contributed by atoms with Gasteiger partial charge < -0.3 is 4.90 Å². The van der Waals surface area contributed by atoms with E-state index < -0.39 is 12.7 Å². The molecule has 0 radical (unpaired) electrons. The predicted molar refractivity (Wildman–Crippen MR) is 81.4 cm³/mol. The lowest BCUT2D eigenvalue weighted by Gasteiger charge is -2.34. The Morgan fingerprint density at radius 3 is 2.52 bits per heavy atom. The molecule has 1 aromatic heterocycles. The smallest absolute Gasteiger partial charge is 0.332 e. The van der Waals surface area contributed by atoms with Gasteiger partial charge in [-0.05, 0) is 39.3 Å². The summed E-state index contributed by atoms with van der Waals surface area (Å²) < 4.78 is 37.4. The Hall–Kier alpha value is -1.15. The molecule has 0 aliphatic carbocycles. The Morgan fingerprint density at radius 1 is 1.26 bits per heavy atom. The molecule has 1 unspecified atom stereocenters. The molecule has 0 bridgehead atoms. The van der Waals surface area contributed by atoms with Gasteiger partial charge in [0, 0.05) is 23.5 Å². The van der Waals surface area contributed by atoms with Crippen LogP contribution in [0.5, 0.6) is 0 Å². The first-order chi connectivity index (χ1) is 10.8. The maximum Gasteiger partial charge on any atom is 0.406 e. The molecule has 0 saturated carbocycles. The number of alkyl halides is 3. The molecule has 1 atom stereocenters. The van der Waals surface area contributed by atoms with Crippen LogP contribution < -0.4 is 0 Å². The van der Waals surface area contributed by atoms with Crippen LogP contribution in [0.2, 0.25) is 0 Å². The summed E-state index contributed by atoms with van der Waals surface area (Å²) in [6, 6.07) is -0.378. The minimum atomic E-state index is -4.32. The molecule has 0 N–H and O–H groups in total. The molecule has 2 aliphatic rings. The standard InChI is InChI=1S/C15H20F3N3OS/c1-10-8-23-13(19-10)11-2-5-20(6-3-11)12-4-7-21(14(12)22)9-15(16,17)18/h8,11-12H,2-7,9H2,1H3. The maximum absolute atomic E-state index is 12.5. The maximum atomic E-state index is 12.5. The van der Waals surface area contributed by atoms with E-state index in [0.29, 0.717) is 12.3 Å². The van der Waals surface area contributed by atoms with Gasteiger partial charge in [-0.25, -0.2) is 4.98 Å². The lowest BCUT2D eigenvalue weighted by Crippen LogP contribution is -2.46. The van der Waals surface area contributed by atoms with Crippen molar-refractivity contribution in [2.75, 3.05) is 26.2 Å². The van der Waals surface area contributed by atoms with Crippen LogP contribution in [-0.4, -0.2) is 59.1 Å². The van der Waals surface area contributed by atoms with Crippen LogP contribution in [-0.2, 0) is 4.79 Å². The van der Waals surface area contributed by atoms with Gasteiger partial charge in [0.2, 0.25) is 5.91 Å². The van der Waals surface area contributed by atoms with E-state index in [1.165, 1.54) is 0 Å². The molecular formula is C15H20F3N3OS. The number of halogens is 3. The number of nitrogens with zero attached hydrogens (tertiary/aromatic N) is 3. The molecule has 128 valence electrons. The molecule has 1 amide bonds. The molecule has 0 aromatic carbocycles. The van der Waals surface area contributed by atoms with E-state index in [0.717, 1.165) is 41.5 Å². The zero-order valence-corrected chi connectivity index (χ0v) is 13.8. The molecule has 3 heterocycles. The Labute approximate surface area is 137 Å². The topological polar surface area (TPSA) is 36.4 Å². The fraction of sp³-hybridized carbons (Fsp3) is 0.733. The van der Waals surface area contributed by atoms with Gasteiger partial charge in [-0.15, -0.1) is 11.3 Å². The fourth-order valence-corrected chi connectivity index (χ4v) is 4.42. The van der Waals surface area contributed by atoms with E-state index >= 15 is 0 Å². The number of carbonyl (C=O) groups is 1. The number of hydrogen-bond acceptors (Lipinski definition) is 4. The van der Waals surface area contributed by atoms with Crippen LogP contribution in [0.4, 0.5) is 13.2 Å². The van der Waals surface area contributed by atoms with Crippen molar-refractivity contribution < 1.29 is 18.0 Å². The van der Waals surface area contributed by atoms with Gasteiger partial charge in [0.25, 0.3) is 0 Å². The van der Waals surface area contributed by atoms with Gasteiger partial charge in [-0.3, -0.25) is 9.69 Å². The summed E-state index contributed by atoms with van der Waals surface area (Å²) in [5.41, 5.74) is 1.03. The molecule has 4 nitrogen and oxygen atoms in total. The minimum absolute atomic E-state index is 0.203. The number of thiazole rings is 1. The van der Waals surface area contributed by atoms with Crippen molar-refractivity contribution in [3.8, 4) is 0 Å². The van der Waals surface area contributed by atoms with Crippen molar-refractivity contribution in [3.05, 3.63) is 16.1 Å². The second-order valence-corrected chi connectivity index (χ2v) is 7.21. The average Bonchev–Trinajstić information content (AvgIpc) is 3.05. The number of amides is 1. The summed E-state index contributed by atoms with van der Waals surface area (Å²) in [7, 11) is 0. The molecule has 8 heteroatoms. The van der Waals surface area contributed by atoms with E-state index in [1.54, 1.807) is 11.3 Å². The molecule has 1 aromatic rings. The zero-order chi connectivity index (χ0) is 16.6. The Balaban J connectivity index is 1.55. The largest absolute Gasteiger partial charge is 0.406 e. The Bertz CT molecular complexity index is 567. The average molecular weight is 347 g/mol. The van der Waals surface area contributed by atoms with Gasteiger partial charge >= 0.3 is 6.18 Å². The number of aryl methyl sites for hydroxylation is 1. The van der Waals surface area contributed by atoms with Crippen LogP contribution in [0.3, 0.4) is 0 Å². The van der Waals surface area contributed by atoms with Gasteiger partial charge in [0.1, 0.15) is 6.54 Å². The van der Waals surface area contributed by atoms with Gasteiger partial charge in [-0.2, -0.15) is 13.2 Å².